The molecule has 0 bridgehead atoms. The van der Waals surface area contributed by atoms with Crippen molar-refractivity contribution in [2.75, 3.05) is 23.4 Å². The maximum Gasteiger partial charge on any atom is 0.262 e. The summed E-state index contributed by atoms with van der Waals surface area (Å²) in [6.45, 7) is 9.42. The topological polar surface area (TPSA) is 41.6 Å². The lowest BCUT2D eigenvalue weighted by Crippen LogP contribution is -2.30. The quantitative estimate of drug-likeness (QED) is 0.827. The molecule has 4 nitrogen and oxygen atoms in total. The first kappa shape index (κ1) is 17.9. The number of carbonyl (C=O) groups is 1. The summed E-state index contributed by atoms with van der Waals surface area (Å²) < 4.78 is 5.51. The summed E-state index contributed by atoms with van der Waals surface area (Å²) in [6, 6.07) is 16.0. The Morgan fingerprint density at radius 3 is 2.46 bits per heavy atom. The number of hydrogen-bond acceptors (Lipinski definition) is 3. The van der Waals surface area contributed by atoms with Gasteiger partial charge in [0.05, 0.1) is 0 Å². The highest BCUT2D eigenvalue weighted by Crippen LogP contribution is 2.20. The summed E-state index contributed by atoms with van der Waals surface area (Å²) in [7, 11) is 0. The van der Waals surface area contributed by atoms with E-state index in [1.807, 2.05) is 55.5 Å². The van der Waals surface area contributed by atoms with E-state index in [0.717, 1.165) is 23.5 Å². The van der Waals surface area contributed by atoms with Crippen molar-refractivity contribution in [3.63, 3.8) is 0 Å². The lowest BCUT2D eigenvalue weighted by atomic mass is 10.2. The van der Waals surface area contributed by atoms with E-state index in [-0.39, 0.29) is 12.5 Å². The van der Waals surface area contributed by atoms with Gasteiger partial charge in [-0.05, 0) is 69.7 Å². The normalized spacial score (nSPS) is 10.5. The molecule has 0 unspecified atom stereocenters. The molecule has 0 aliphatic heterocycles. The van der Waals surface area contributed by atoms with E-state index >= 15 is 0 Å². The minimum Gasteiger partial charge on any atom is -0.484 e. The Morgan fingerprint density at radius 2 is 1.88 bits per heavy atom. The predicted molar refractivity (Wildman–Crippen MR) is 99.9 cm³/mol. The van der Waals surface area contributed by atoms with Gasteiger partial charge in [-0.1, -0.05) is 12.1 Å². The zero-order valence-electron chi connectivity index (χ0n) is 14.9. The van der Waals surface area contributed by atoms with Gasteiger partial charge in [0.25, 0.3) is 5.91 Å². The van der Waals surface area contributed by atoms with Gasteiger partial charge < -0.3 is 15.0 Å². The van der Waals surface area contributed by atoms with E-state index in [1.54, 1.807) is 0 Å². The molecule has 0 radical (unpaired) electrons. The van der Waals surface area contributed by atoms with Crippen LogP contribution in [0.25, 0.3) is 0 Å². The molecule has 2 aromatic rings. The van der Waals surface area contributed by atoms with Crippen molar-refractivity contribution in [1.82, 2.24) is 0 Å². The second-order valence-corrected chi connectivity index (χ2v) is 6.08. The highest BCUT2D eigenvalue weighted by molar-refractivity contribution is 5.92. The average molecular weight is 326 g/mol. The van der Waals surface area contributed by atoms with Gasteiger partial charge in [0.15, 0.2) is 6.61 Å². The van der Waals surface area contributed by atoms with Crippen LogP contribution in [0.3, 0.4) is 0 Å². The van der Waals surface area contributed by atoms with Gasteiger partial charge in [0.1, 0.15) is 5.75 Å². The van der Waals surface area contributed by atoms with Crippen molar-refractivity contribution in [2.24, 2.45) is 0 Å². The smallest absolute Gasteiger partial charge is 0.262 e. The van der Waals surface area contributed by atoms with Gasteiger partial charge in [-0.2, -0.15) is 0 Å². The number of amides is 1. The Kier molecular flexibility index (Phi) is 6.24. The molecule has 0 heterocycles. The number of benzene rings is 2. The summed E-state index contributed by atoms with van der Waals surface area (Å²) in [6.07, 6.45) is 0. The molecule has 1 amide bonds. The minimum atomic E-state index is -0.166. The summed E-state index contributed by atoms with van der Waals surface area (Å²) in [5.41, 5.74) is 3.03. The Balaban J connectivity index is 1.90. The number of hydrogen-bond donors (Lipinski definition) is 1. The fraction of sp³-hybridized carbons (Fsp3) is 0.350. The van der Waals surface area contributed by atoms with Crippen LogP contribution in [-0.2, 0) is 4.79 Å². The third-order valence-electron chi connectivity index (χ3n) is 3.81. The predicted octanol–water partition coefficient (Wildman–Crippen LogP) is 4.25. The average Bonchev–Trinajstić information content (AvgIpc) is 2.55. The number of anilines is 2. The molecule has 0 spiro atoms. The van der Waals surface area contributed by atoms with E-state index in [1.165, 1.54) is 0 Å². The molecular formula is C20H26N2O2. The minimum absolute atomic E-state index is 0.00170. The fourth-order valence-corrected chi connectivity index (χ4v) is 2.63. The molecule has 2 aromatic carbocycles. The summed E-state index contributed by atoms with van der Waals surface area (Å²) in [5.74, 6) is 0.538. The first-order valence-electron chi connectivity index (χ1n) is 8.35. The van der Waals surface area contributed by atoms with Crippen LogP contribution < -0.4 is 15.0 Å². The molecule has 0 aliphatic carbocycles. The second-order valence-electron chi connectivity index (χ2n) is 6.08. The van der Waals surface area contributed by atoms with Crippen LogP contribution in [0, 0.1) is 6.92 Å². The molecule has 0 aromatic heterocycles. The molecule has 24 heavy (non-hydrogen) atoms. The van der Waals surface area contributed by atoms with Crippen LogP contribution >= 0.6 is 0 Å². The summed E-state index contributed by atoms with van der Waals surface area (Å²) >= 11 is 0. The number of carbonyl (C=O) groups excluding carboxylic acids is 1. The van der Waals surface area contributed by atoms with Crippen LogP contribution in [0.4, 0.5) is 11.4 Å². The maximum absolute atomic E-state index is 12.0. The third-order valence-corrected chi connectivity index (χ3v) is 3.81. The van der Waals surface area contributed by atoms with Gasteiger partial charge in [0.2, 0.25) is 0 Å². The largest absolute Gasteiger partial charge is 0.484 e. The first-order valence-corrected chi connectivity index (χ1v) is 8.35. The zero-order valence-corrected chi connectivity index (χ0v) is 14.9. The molecule has 1 N–H and O–H groups in total. The molecule has 128 valence electrons. The summed E-state index contributed by atoms with van der Waals surface area (Å²) in [4.78, 5) is 14.3. The standard InChI is InChI=1S/C20H26N2O2/c1-5-22(15(2)3)18-11-9-17(10-12-18)21-20(23)14-24-19-8-6-7-16(4)13-19/h6-13,15H,5,14H2,1-4H3,(H,21,23). The van der Waals surface area contributed by atoms with Crippen molar-refractivity contribution in [1.29, 1.82) is 0 Å². The van der Waals surface area contributed by atoms with Crippen LogP contribution in [0.5, 0.6) is 5.75 Å². The molecule has 4 heteroatoms. The van der Waals surface area contributed by atoms with Crippen LogP contribution in [0.15, 0.2) is 48.5 Å². The van der Waals surface area contributed by atoms with Gasteiger partial charge in [0, 0.05) is 24.0 Å². The highest BCUT2D eigenvalue weighted by atomic mass is 16.5. The lowest BCUT2D eigenvalue weighted by molar-refractivity contribution is -0.118. The second kappa shape index (κ2) is 8.39. The van der Waals surface area contributed by atoms with Crippen LogP contribution in [0.1, 0.15) is 26.3 Å². The first-order chi connectivity index (χ1) is 11.5. The van der Waals surface area contributed by atoms with Crippen molar-refractivity contribution >= 4 is 17.3 Å². The molecular weight excluding hydrogens is 300 g/mol. The highest BCUT2D eigenvalue weighted by Gasteiger charge is 2.09. The maximum atomic E-state index is 12.0. The van der Waals surface area contributed by atoms with Gasteiger partial charge in [-0.3, -0.25) is 4.79 Å². The van der Waals surface area contributed by atoms with Crippen molar-refractivity contribution < 1.29 is 9.53 Å². The van der Waals surface area contributed by atoms with E-state index in [2.05, 4.69) is 31.0 Å². The van der Waals surface area contributed by atoms with Gasteiger partial charge >= 0.3 is 0 Å². The molecule has 2 rings (SSSR count). The number of ether oxygens (including phenoxy) is 1. The lowest BCUT2D eigenvalue weighted by Gasteiger charge is -2.27. The van der Waals surface area contributed by atoms with Crippen molar-refractivity contribution in [3.8, 4) is 5.75 Å². The molecule has 0 atom stereocenters. The van der Waals surface area contributed by atoms with E-state index in [9.17, 15) is 4.79 Å². The Hall–Kier alpha value is -2.49. The van der Waals surface area contributed by atoms with E-state index in [0.29, 0.717) is 11.8 Å². The van der Waals surface area contributed by atoms with Crippen molar-refractivity contribution in [2.45, 2.75) is 33.7 Å². The Morgan fingerprint density at radius 1 is 1.17 bits per heavy atom. The number of aryl methyl sites for hydroxylation is 1. The fourth-order valence-electron chi connectivity index (χ4n) is 2.63. The van der Waals surface area contributed by atoms with Crippen molar-refractivity contribution in [3.05, 3.63) is 54.1 Å². The molecule has 0 fully saturated rings. The number of rotatable bonds is 7. The Labute approximate surface area is 144 Å². The zero-order chi connectivity index (χ0) is 17.5. The van der Waals surface area contributed by atoms with Gasteiger partial charge in [-0.15, -0.1) is 0 Å². The van der Waals surface area contributed by atoms with Gasteiger partial charge in [-0.25, -0.2) is 0 Å². The number of nitrogens with zero attached hydrogens (tertiary/aromatic N) is 1. The summed E-state index contributed by atoms with van der Waals surface area (Å²) in [5, 5.41) is 2.86. The molecule has 0 saturated heterocycles. The SMILES string of the molecule is CCN(c1ccc(NC(=O)COc2cccc(C)c2)cc1)C(C)C. The molecule has 0 aliphatic rings. The Bertz CT molecular complexity index is 666. The van der Waals surface area contributed by atoms with Crippen LogP contribution in [0.2, 0.25) is 0 Å². The molecule has 0 saturated carbocycles. The number of nitrogens with one attached hydrogen (secondary N) is 1. The monoisotopic (exact) mass is 326 g/mol. The van der Waals surface area contributed by atoms with Crippen LogP contribution in [-0.4, -0.2) is 25.1 Å². The van der Waals surface area contributed by atoms with E-state index < -0.39 is 0 Å². The third kappa shape index (κ3) is 5.01. The van der Waals surface area contributed by atoms with E-state index in [4.69, 9.17) is 4.74 Å².